The van der Waals surface area contributed by atoms with Crippen LogP contribution in [0.5, 0.6) is 0 Å². The Bertz CT molecular complexity index is 357. The summed E-state index contributed by atoms with van der Waals surface area (Å²) in [5.74, 6) is -0.00553. The van der Waals surface area contributed by atoms with Crippen molar-refractivity contribution in [1.29, 1.82) is 0 Å². The molecule has 0 radical (unpaired) electrons. The van der Waals surface area contributed by atoms with Gasteiger partial charge in [-0.3, -0.25) is 4.79 Å². The highest BCUT2D eigenvalue weighted by Crippen LogP contribution is 2.18. The largest absolute Gasteiger partial charge is 0.352 e. The number of carbonyl (C=O) groups excluding carboxylic acids is 1. The molecule has 0 unspecified atom stereocenters. The van der Waals surface area contributed by atoms with Crippen LogP contribution in [-0.4, -0.2) is 12.5 Å². The predicted octanol–water partition coefficient (Wildman–Crippen LogP) is 3.62. The average Bonchev–Trinajstić information content (AvgIpc) is 2.27. The maximum atomic E-state index is 11.8. The van der Waals surface area contributed by atoms with Crippen molar-refractivity contribution in [1.82, 2.24) is 5.32 Å². The zero-order valence-corrected chi connectivity index (χ0v) is 11.6. The van der Waals surface area contributed by atoms with Crippen LogP contribution >= 0.6 is 15.9 Å². The van der Waals surface area contributed by atoms with E-state index in [1.807, 2.05) is 24.3 Å². The van der Waals surface area contributed by atoms with E-state index >= 15 is 0 Å². The highest BCUT2D eigenvalue weighted by molar-refractivity contribution is 9.10. The van der Waals surface area contributed by atoms with Gasteiger partial charge in [0.1, 0.15) is 0 Å². The molecule has 0 aliphatic carbocycles. The quantitative estimate of drug-likeness (QED) is 0.899. The minimum Gasteiger partial charge on any atom is -0.352 e. The minimum absolute atomic E-state index is 0.00553. The second-order valence-corrected chi connectivity index (χ2v) is 5.62. The van der Waals surface area contributed by atoms with E-state index in [1.54, 1.807) is 0 Å². The van der Waals surface area contributed by atoms with Crippen molar-refractivity contribution in [2.45, 2.75) is 27.2 Å². The first-order valence-corrected chi connectivity index (χ1v) is 6.28. The zero-order valence-electron chi connectivity index (χ0n) is 10.0. The summed E-state index contributed by atoms with van der Waals surface area (Å²) >= 11 is 3.34. The molecule has 1 rings (SSSR count). The molecule has 1 N–H and O–H groups in total. The van der Waals surface area contributed by atoms with E-state index in [9.17, 15) is 4.79 Å². The van der Waals surface area contributed by atoms with Crippen LogP contribution in [0.3, 0.4) is 0 Å². The van der Waals surface area contributed by atoms with Crippen molar-refractivity contribution in [3.8, 4) is 0 Å². The smallest absolute Gasteiger partial charge is 0.251 e. The number of benzene rings is 1. The fourth-order valence-electron chi connectivity index (χ4n) is 1.15. The third-order valence-electron chi connectivity index (χ3n) is 2.79. The lowest BCUT2D eigenvalue weighted by atomic mass is 9.90. The van der Waals surface area contributed by atoms with E-state index in [2.05, 4.69) is 42.0 Å². The van der Waals surface area contributed by atoms with Crippen LogP contribution in [0.4, 0.5) is 0 Å². The first-order chi connectivity index (χ1) is 7.44. The molecule has 0 bridgehead atoms. The number of amides is 1. The summed E-state index contributed by atoms with van der Waals surface area (Å²) < 4.78 is 0.984. The van der Waals surface area contributed by atoms with Gasteiger partial charge in [-0.15, -0.1) is 0 Å². The Labute approximate surface area is 106 Å². The maximum absolute atomic E-state index is 11.8. The lowest BCUT2D eigenvalue weighted by Crippen LogP contribution is -2.33. The van der Waals surface area contributed by atoms with Crippen LogP contribution in [0.15, 0.2) is 28.7 Å². The predicted molar refractivity (Wildman–Crippen MR) is 70.5 cm³/mol. The van der Waals surface area contributed by atoms with Gasteiger partial charge in [0.25, 0.3) is 5.91 Å². The molecule has 1 amide bonds. The van der Waals surface area contributed by atoms with Crippen molar-refractivity contribution in [3.05, 3.63) is 34.3 Å². The van der Waals surface area contributed by atoms with Crippen LogP contribution in [0, 0.1) is 5.41 Å². The Morgan fingerprint density at radius 3 is 2.38 bits per heavy atom. The molecular formula is C13H18BrNO. The van der Waals surface area contributed by atoms with Gasteiger partial charge in [-0.2, -0.15) is 0 Å². The first-order valence-electron chi connectivity index (χ1n) is 5.48. The highest BCUT2D eigenvalue weighted by Gasteiger charge is 2.16. The van der Waals surface area contributed by atoms with E-state index in [0.717, 1.165) is 10.9 Å². The monoisotopic (exact) mass is 283 g/mol. The third-order valence-corrected chi connectivity index (χ3v) is 3.32. The van der Waals surface area contributed by atoms with Crippen LogP contribution in [0.2, 0.25) is 0 Å². The number of hydrogen-bond acceptors (Lipinski definition) is 1. The molecular weight excluding hydrogens is 266 g/mol. The van der Waals surface area contributed by atoms with E-state index in [1.165, 1.54) is 0 Å². The van der Waals surface area contributed by atoms with Crippen molar-refractivity contribution in [2.24, 2.45) is 5.41 Å². The molecule has 2 nitrogen and oxygen atoms in total. The van der Waals surface area contributed by atoms with Gasteiger partial charge in [-0.1, -0.05) is 36.7 Å². The molecule has 0 aliphatic rings. The van der Waals surface area contributed by atoms with Crippen molar-refractivity contribution < 1.29 is 4.79 Å². The van der Waals surface area contributed by atoms with E-state index in [4.69, 9.17) is 0 Å². The van der Waals surface area contributed by atoms with Gasteiger partial charge >= 0.3 is 0 Å². The van der Waals surface area contributed by atoms with Crippen LogP contribution in [0.25, 0.3) is 0 Å². The number of rotatable bonds is 4. The number of halogens is 1. The van der Waals surface area contributed by atoms with Gasteiger partial charge in [0.05, 0.1) is 0 Å². The Morgan fingerprint density at radius 1 is 1.31 bits per heavy atom. The molecule has 0 aromatic heterocycles. The highest BCUT2D eigenvalue weighted by atomic mass is 79.9. The van der Waals surface area contributed by atoms with E-state index in [-0.39, 0.29) is 11.3 Å². The average molecular weight is 284 g/mol. The maximum Gasteiger partial charge on any atom is 0.251 e. The van der Waals surface area contributed by atoms with Gasteiger partial charge in [0.2, 0.25) is 0 Å². The van der Waals surface area contributed by atoms with Gasteiger partial charge in [0.15, 0.2) is 0 Å². The molecule has 0 atom stereocenters. The molecule has 3 heteroatoms. The van der Waals surface area contributed by atoms with Crippen molar-refractivity contribution >= 4 is 21.8 Å². The summed E-state index contributed by atoms with van der Waals surface area (Å²) in [6.45, 7) is 7.13. The Hall–Kier alpha value is -0.830. The fourth-order valence-corrected chi connectivity index (χ4v) is 1.41. The second kappa shape index (κ2) is 5.48. The third kappa shape index (κ3) is 3.97. The van der Waals surface area contributed by atoms with Crippen LogP contribution in [0.1, 0.15) is 37.6 Å². The second-order valence-electron chi connectivity index (χ2n) is 4.71. The number of hydrogen-bond donors (Lipinski definition) is 1. The van der Waals surface area contributed by atoms with Crippen molar-refractivity contribution in [3.63, 3.8) is 0 Å². The lowest BCUT2D eigenvalue weighted by Gasteiger charge is -2.22. The van der Waals surface area contributed by atoms with Crippen molar-refractivity contribution in [2.75, 3.05) is 6.54 Å². The molecule has 0 spiro atoms. The summed E-state index contributed by atoms with van der Waals surface area (Å²) in [6, 6.07) is 7.39. The summed E-state index contributed by atoms with van der Waals surface area (Å²) in [5, 5.41) is 2.96. The lowest BCUT2D eigenvalue weighted by molar-refractivity contribution is 0.0935. The minimum atomic E-state index is -0.00553. The SMILES string of the molecule is CCC(C)(C)CNC(=O)c1ccc(Br)cc1. The summed E-state index contributed by atoms with van der Waals surface area (Å²) in [6.07, 6.45) is 1.05. The van der Waals surface area contributed by atoms with E-state index in [0.29, 0.717) is 12.1 Å². The zero-order chi connectivity index (χ0) is 12.2. The van der Waals surface area contributed by atoms with Crippen LogP contribution in [-0.2, 0) is 0 Å². The molecule has 0 saturated carbocycles. The molecule has 0 aliphatic heterocycles. The van der Waals surface area contributed by atoms with Gasteiger partial charge < -0.3 is 5.32 Å². The molecule has 88 valence electrons. The fraction of sp³-hybridized carbons (Fsp3) is 0.462. The first kappa shape index (κ1) is 13.2. The van der Waals surface area contributed by atoms with Gasteiger partial charge in [-0.05, 0) is 36.1 Å². The van der Waals surface area contributed by atoms with Gasteiger partial charge in [-0.25, -0.2) is 0 Å². The summed E-state index contributed by atoms with van der Waals surface area (Å²) in [7, 11) is 0. The molecule has 16 heavy (non-hydrogen) atoms. The normalized spacial score (nSPS) is 11.2. The Balaban J connectivity index is 2.56. The molecule has 0 heterocycles. The Kier molecular flexibility index (Phi) is 4.54. The van der Waals surface area contributed by atoms with Gasteiger partial charge in [0, 0.05) is 16.6 Å². The molecule has 1 aromatic rings. The number of nitrogens with one attached hydrogen (secondary N) is 1. The molecule has 1 aromatic carbocycles. The Morgan fingerprint density at radius 2 is 1.88 bits per heavy atom. The molecule has 0 saturated heterocycles. The molecule has 0 fully saturated rings. The summed E-state index contributed by atoms with van der Waals surface area (Å²) in [4.78, 5) is 11.8. The topological polar surface area (TPSA) is 29.1 Å². The number of carbonyl (C=O) groups is 1. The summed E-state index contributed by atoms with van der Waals surface area (Å²) in [5.41, 5.74) is 0.862. The van der Waals surface area contributed by atoms with Crippen LogP contribution < -0.4 is 5.32 Å². The van der Waals surface area contributed by atoms with E-state index < -0.39 is 0 Å². The standard InChI is InChI=1S/C13H18BrNO/c1-4-13(2,3)9-15-12(16)10-5-7-11(14)8-6-10/h5-8H,4,9H2,1-3H3,(H,15,16).